The zero-order valence-electron chi connectivity index (χ0n) is 13.0. The zero-order chi connectivity index (χ0) is 14.8. The lowest BCUT2D eigenvalue weighted by Gasteiger charge is -2.32. The second kappa shape index (κ2) is 5.84. The Bertz CT molecular complexity index is 596. The van der Waals surface area contributed by atoms with Gasteiger partial charge in [0.2, 0.25) is 0 Å². The molecule has 1 saturated carbocycles. The van der Waals surface area contributed by atoms with Crippen LogP contribution in [-0.2, 0) is 0 Å². The number of aromatic nitrogens is 4. The molecule has 2 atom stereocenters. The van der Waals surface area contributed by atoms with Gasteiger partial charge in [-0.05, 0) is 66.6 Å². The molecule has 112 valence electrons. The number of aryl methyl sites for hydroxylation is 1. The Morgan fingerprint density at radius 1 is 1.14 bits per heavy atom. The molecule has 1 fully saturated rings. The van der Waals surface area contributed by atoms with E-state index in [9.17, 15) is 0 Å². The van der Waals surface area contributed by atoms with Gasteiger partial charge in [-0.15, -0.1) is 5.10 Å². The van der Waals surface area contributed by atoms with Crippen LogP contribution in [0, 0.1) is 18.8 Å². The van der Waals surface area contributed by atoms with E-state index in [-0.39, 0.29) is 0 Å². The van der Waals surface area contributed by atoms with Crippen molar-refractivity contribution >= 4 is 5.69 Å². The van der Waals surface area contributed by atoms with Crippen LogP contribution in [0.15, 0.2) is 24.3 Å². The van der Waals surface area contributed by atoms with Crippen molar-refractivity contribution in [3.05, 3.63) is 30.1 Å². The van der Waals surface area contributed by atoms with Crippen LogP contribution in [0.3, 0.4) is 0 Å². The van der Waals surface area contributed by atoms with Crippen molar-refractivity contribution in [2.45, 2.75) is 46.1 Å². The molecule has 1 aromatic carbocycles. The molecule has 1 aliphatic rings. The van der Waals surface area contributed by atoms with E-state index < -0.39 is 0 Å². The monoisotopic (exact) mass is 285 g/mol. The van der Waals surface area contributed by atoms with E-state index >= 15 is 0 Å². The summed E-state index contributed by atoms with van der Waals surface area (Å²) < 4.78 is 1.76. The summed E-state index contributed by atoms with van der Waals surface area (Å²) in [7, 11) is 0. The van der Waals surface area contributed by atoms with Crippen LogP contribution in [0.5, 0.6) is 0 Å². The number of nitrogens with one attached hydrogen (secondary N) is 1. The van der Waals surface area contributed by atoms with Gasteiger partial charge in [-0.2, -0.15) is 4.68 Å². The maximum Gasteiger partial charge on any atom is 0.153 e. The van der Waals surface area contributed by atoms with Gasteiger partial charge in [-0.25, -0.2) is 0 Å². The second-order valence-corrected chi connectivity index (χ2v) is 6.45. The molecule has 0 bridgehead atoms. The topological polar surface area (TPSA) is 55.6 Å². The summed E-state index contributed by atoms with van der Waals surface area (Å²) in [4.78, 5) is 0. The molecule has 1 heterocycles. The summed E-state index contributed by atoms with van der Waals surface area (Å²) in [6.45, 7) is 6.61. The van der Waals surface area contributed by atoms with E-state index in [0.29, 0.717) is 6.04 Å². The Labute approximate surface area is 125 Å². The van der Waals surface area contributed by atoms with Gasteiger partial charge in [0, 0.05) is 11.7 Å². The number of hydrogen-bond acceptors (Lipinski definition) is 4. The molecular weight excluding hydrogens is 262 g/mol. The molecule has 0 radical (unpaired) electrons. The summed E-state index contributed by atoms with van der Waals surface area (Å²) in [6.07, 6.45) is 3.85. The molecule has 1 aliphatic carbocycles. The highest BCUT2D eigenvalue weighted by Gasteiger charge is 2.23. The first-order valence-corrected chi connectivity index (χ1v) is 7.74. The number of hydrogen-bond donors (Lipinski definition) is 1. The highest BCUT2D eigenvalue weighted by Crippen LogP contribution is 2.30. The predicted octanol–water partition coefficient (Wildman–Crippen LogP) is 3.21. The summed E-state index contributed by atoms with van der Waals surface area (Å²) in [6, 6.07) is 8.88. The highest BCUT2D eigenvalue weighted by atomic mass is 15.5. The van der Waals surface area contributed by atoms with Crippen molar-refractivity contribution in [3.8, 4) is 5.69 Å². The van der Waals surface area contributed by atoms with Gasteiger partial charge in [-0.3, -0.25) is 0 Å². The fourth-order valence-corrected chi connectivity index (χ4v) is 3.50. The van der Waals surface area contributed by atoms with E-state index in [1.807, 2.05) is 13.0 Å². The summed E-state index contributed by atoms with van der Waals surface area (Å²) >= 11 is 0. The molecule has 0 saturated heterocycles. The average molecular weight is 285 g/mol. The number of benzene rings is 1. The summed E-state index contributed by atoms with van der Waals surface area (Å²) in [5, 5.41) is 15.4. The Balaban J connectivity index is 1.76. The number of rotatable bonds is 3. The fraction of sp³-hybridized carbons (Fsp3) is 0.562. The minimum Gasteiger partial charge on any atom is -0.382 e. The smallest absolute Gasteiger partial charge is 0.153 e. The molecule has 3 rings (SSSR count). The van der Waals surface area contributed by atoms with E-state index in [4.69, 9.17) is 0 Å². The highest BCUT2D eigenvalue weighted by molar-refractivity contribution is 5.51. The molecule has 2 aromatic rings. The quantitative estimate of drug-likeness (QED) is 0.941. The Kier molecular flexibility index (Phi) is 3.90. The predicted molar refractivity (Wildman–Crippen MR) is 83.5 cm³/mol. The van der Waals surface area contributed by atoms with Crippen LogP contribution < -0.4 is 5.32 Å². The van der Waals surface area contributed by atoms with Crippen LogP contribution in [0.2, 0.25) is 0 Å². The number of anilines is 1. The van der Waals surface area contributed by atoms with Crippen molar-refractivity contribution in [3.63, 3.8) is 0 Å². The second-order valence-electron chi connectivity index (χ2n) is 6.45. The third-order valence-corrected chi connectivity index (χ3v) is 4.27. The Morgan fingerprint density at radius 3 is 2.57 bits per heavy atom. The lowest BCUT2D eigenvalue weighted by molar-refractivity contribution is 0.281. The number of tetrazole rings is 1. The van der Waals surface area contributed by atoms with Crippen molar-refractivity contribution in [1.29, 1.82) is 0 Å². The van der Waals surface area contributed by atoms with Gasteiger partial charge in [0.05, 0.1) is 5.69 Å². The lowest BCUT2D eigenvalue weighted by atomic mass is 9.80. The van der Waals surface area contributed by atoms with E-state index in [1.54, 1.807) is 4.68 Å². The first-order valence-electron chi connectivity index (χ1n) is 7.74. The minimum absolute atomic E-state index is 0.564. The van der Waals surface area contributed by atoms with Gasteiger partial charge >= 0.3 is 0 Å². The molecule has 5 heteroatoms. The lowest BCUT2D eigenvalue weighted by Crippen LogP contribution is -2.30. The van der Waals surface area contributed by atoms with Crippen LogP contribution in [-0.4, -0.2) is 26.2 Å². The van der Waals surface area contributed by atoms with E-state index in [2.05, 4.69) is 52.9 Å². The van der Waals surface area contributed by atoms with Gasteiger partial charge in [-0.1, -0.05) is 19.9 Å². The third-order valence-electron chi connectivity index (χ3n) is 4.27. The molecule has 0 aliphatic heterocycles. The van der Waals surface area contributed by atoms with Gasteiger partial charge in [0.15, 0.2) is 5.82 Å². The normalized spacial score (nSPS) is 25.8. The average Bonchev–Trinajstić information content (AvgIpc) is 2.84. The van der Waals surface area contributed by atoms with Crippen LogP contribution in [0.25, 0.3) is 5.69 Å². The SMILES string of the molecule is Cc1nnnn1-c1cccc(NC2CC(C)CC(C)C2)c1. The van der Waals surface area contributed by atoms with E-state index in [0.717, 1.165) is 29.0 Å². The molecular formula is C16H23N5. The third kappa shape index (κ3) is 3.23. The molecule has 1 aromatic heterocycles. The van der Waals surface area contributed by atoms with Crippen LogP contribution >= 0.6 is 0 Å². The largest absolute Gasteiger partial charge is 0.382 e. The maximum absolute atomic E-state index is 4.03. The first kappa shape index (κ1) is 14.0. The molecule has 0 amide bonds. The summed E-state index contributed by atoms with van der Waals surface area (Å²) in [5.74, 6) is 2.40. The van der Waals surface area contributed by atoms with Crippen molar-refractivity contribution in [2.75, 3.05) is 5.32 Å². The van der Waals surface area contributed by atoms with Gasteiger partial charge in [0.1, 0.15) is 0 Å². The molecule has 2 unspecified atom stereocenters. The maximum atomic E-state index is 4.03. The molecule has 0 spiro atoms. The van der Waals surface area contributed by atoms with Gasteiger partial charge < -0.3 is 5.32 Å². The first-order chi connectivity index (χ1) is 10.1. The molecule has 1 N–H and O–H groups in total. The Hall–Kier alpha value is -1.91. The molecule has 21 heavy (non-hydrogen) atoms. The minimum atomic E-state index is 0.564. The van der Waals surface area contributed by atoms with Gasteiger partial charge in [0.25, 0.3) is 0 Å². The van der Waals surface area contributed by atoms with E-state index in [1.165, 1.54) is 19.3 Å². The molecule has 5 nitrogen and oxygen atoms in total. The van der Waals surface area contributed by atoms with Crippen molar-refractivity contribution < 1.29 is 0 Å². The number of nitrogens with zero attached hydrogens (tertiary/aromatic N) is 4. The Morgan fingerprint density at radius 2 is 1.90 bits per heavy atom. The van der Waals surface area contributed by atoms with Crippen LogP contribution in [0.1, 0.15) is 38.9 Å². The fourth-order valence-electron chi connectivity index (χ4n) is 3.50. The van der Waals surface area contributed by atoms with Crippen molar-refractivity contribution in [2.24, 2.45) is 11.8 Å². The zero-order valence-corrected chi connectivity index (χ0v) is 13.0. The van der Waals surface area contributed by atoms with Crippen molar-refractivity contribution in [1.82, 2.24) is 20.2 Å². The standard InChI is InChI=1S/C16H23N5/c1-11-7-12(2)9-15(8-11)17-14-5-4-6-16(10-14)21-13(3)18-19-20-21/h4-6,10-12,15,17H,7-9H2,1-3H3. The van der Waals surface area contributed by atoms with Crippen LogP contribution in [0.4, 0.5) is 5.69 Å². The summed E-state index contributed by atoms with van der Waals surface area (Å²) in [5.41, 5.74) is 2.15.